The van der Waals surface area contributed by atoms with Crippen LogP contribution >= 0.6 is 31.9 Å². The molecule has 0 bridgehead atoms. The van der Waals surface area contributed by atoms with Gasteiger partial charge in [0.1, 0.15) is 5.75 Å². The molecule has 0 aliphatic carbocycles. The van der Waals surface area contributed by atoms with Gasteiger partial charge in [-0.1, -0.05) is 12.1 Å². The maximum atomic E-state index is 10.9. The van der Waals surface area contributed by atoms with Crippen molar-refractivity contribution in [2.75, 3.05) is 6.61 Å². The average molecular weight is 482 g/mol. The van der Waals surface area contributed by atoms with Crippen LogP contribution in [-0.4, -0.2) is 22.6 Å². The number of nitro groups is 1. The molecule has 26 heavy (non-hydrogen) atoms. The highest BCUT2D eigenvalue weighted by Crippen LogP contribution is 2.36. The Hall–Kier alpha value is -2.70. The Kier molecular flexibility index (Phi) is 6.49. The molecule has 0 aliphatic heterocycles. The number of nitro benzene ring substituents is 1. The van der Waals surface area contributed by atoms with Gasteiger partial charge < -0.3 is 9.84 Å². The van der Waals surface area contributed by atoms with Crippen LogP contribution in [0.5, 0.6) is 5.75 Å². The van der Waals surface area contributed by atoms with Crippen LogP contribution in [0, 0.1) is 21.4 Å². The third-order valence-electron chi connectivity index (χ3n) is 3.16. The molecule has 0 heterocycles. The molecule has 0 aromatic heterocycles. The minimum atomic E-state index is -1.11. The summed E-state index contributed by atoms with van der Waals surface area (Å²) in [5.41, 5.74) is 1.17. The van der Waals surface area contributed by atoms with E-state index in [1.54, 1.807) is 24.3 Å². The first kappa shape index (κ1) is 19.6. The number of carboxylic acid groups (broad SMARTS) is 1. The molecule has 7 nitrogen and oxygen atoms in total. The molecule has 2 aromatic carbocycles. The lowest BCUT2D eigenvalue weighted by molar-refractivity contribution is -0.384. The van der Waals surface area contributed by atoms with Crippen LogP contribution in [0.1, 0.15) is 11.1 Å². The van der Waals surface area contributed by atoms with E-state index in [2.05, 4.69) is 31.9 Å². The lowest BCUT2D eigenvalue weighted by Gasteiger charge is -2.10. The Morgan fingerprint density at radius 1 is 1.31 bits per heavy atom. The standard InChI is InChI=1S/C17H10Br2N2O5/c18-14-5-10(6-15(19)17(14)26-9-16(22)23)4-12(8-20)11-2-1-3-13(7-11)21(24)25/h1-7H,9H2,(H,22,23)/b12-4-. The van der Waals surface area contributed by atoms with Gasteiger partial charge in [0.25, 0.3) is 5.69 Å². The number of ether oxygens (including phenoxy) is 1. The molecule has 0 saturated carbocycles. The number of allylic oxidation sites excluding steroid dienone is 1. The van der Waals surface area contributed by atoms with E-state index >= 15 is 0 Å². The van der Waals surface area contributed by atoms with Crippen molar-refractivity contribution < 1.29 is 19.6 Å². The number of aliphatic carboxylic acids is 1. The molecule has 2 rings (SSSR count). The molecular formula is C17H10Br2N2O5. The lowest BCUT2D eigenvalue weighted by Crippen LogP contribution is -2.10. The summed E-state index contributed by atoms with van der Waals surface area (Å²) in [6.45, 7) is -0.497. The molecule has 0 unspecified atom stereocenters. The highest BCUT2D eigenvalue weighted by Gasteiger charge is 2.12. The molecule has 0 radical (unpaired) electrons. The van der Waals surface area contributed by atoms with Gasteiger partial charge in [0.15, 0.2) is 6.61 Å². The second kappa shape index (κ2) is 8.60. The van der Waals surface area contributed by atoms with E-state index in [0.29, 0.717) is 25.8 Å². The number of hydrogen-bond acceptors (Lipinski definition) is 5. The highest BCUT2D eigenvalue weighted by molar-refractivity contribution is 9.11. The van der Waals surface area contributed by atoms with Crippen molar-refractivity contribution in [2.45, 2.75) is 0 Å². The van der Waals surface area contributed by atoms with Gasteiger partial charge in [-0.05, 0) is 61.2 Å². The third kappa shape index (κ3) is 4.91. The van der Waals surface area contributed by atoms with Gasteiger partial charge in [0.05, 0.1) is 25.5 Å². The molecule has 132 valence electrons. The zero-order chi connectivity index (χ0) is 19.3. The molecule has 9 heteroatoms. The van der Waals surface area contributed by atoms with E-state index in [-0.39, 0.29) is 11.3 Å². The van der Waals surface area contributed by atoms with Crippen molar-refractivity contribution in [1.82, 2.24) is 0 Å². The first-order valence-corrected chi connectivity index (χ1v) is 8.60. The second-order valence-electron chi connectivity index (χ2n) is 4.97. The maximum Gasteiger partial charge on any atom is 0.341 e. The van der Waals surface area contributed by atoms with Gasteiger partial charge in [-0.25, -0.2) is 4.79 Å². The summed E-state index contributed by atoms with van der Waals surface area (Å²) in [7, 11) is 0. The SMILES string of the molecule is N#C/C(=C/c1cc(Br)c(OCC(=O)O)c(Br)c1)c1cccc([N+](=O)[O-])c1. The Morgan fingerprint density at radius 2 is 1.96 bits per heavy atom. The van der Waals surface area contributed by atoms with Gasteiger partial charge in [0.2, 0.25) is 0 Å². The molecule has 0 saturated heterocycles. The Labute approximate surface area is 164 Å². The van der Waals surface area contributed by atoms with Gasteiger partial charge >= 0.3 is 5.97 Å². The number of nitriles is 1. The van der Waals surface area contributed by atoms with Crippen LogP contribution in [0.2, 0.25) is 0 Å². The number of rotatable bonds is 6. The smallest absolute Gasteiger partial charge is 0.341 e. The normalized spacial score (nSPS) is 10.9. The number of non-ortho nitro benzene ring substituents is 1. The van der Waals surface area contributed by atoms with Gasteiger partial charge in [-0.15, -0.1) is 0 Å². The number of hydrogen-bond donors (Lipinski definition) is 1. The molecule has 2 aromatic rings. The molecule has 0 amide bonds. The molecule has 0 aliphatic rings. The van der Waals surface area contributed by atoms with Crippen LogP contribution in [-0.2, 0) is 4.79 Å². The van der Waals surface area contributed by atoms with Crippen LogP contribution in [0.3, 0.4) is 0 Å². The van der Waals surface area contributed by atoms with Crippen molar-refractivity contribution >= 4 is 55.2 Å². The van der Waals surface area contributed by atoms with E-state index in [0.717, 1.165) is 0 Å². The van der Waals surface area contributed by atoms with Crippen LogP contribution < -0.4 is 4.74 Å². The monoisotopic (exact) mass is 480 g/mol. The zero-order valence-electron chi connectivity index (χ0n) is 13.0. The fourth-order valence-corrected chi connectivity index (χ4v) is 3.52. The summed E-state index contributed by atoms with van der Waals surface area (Å²) < 4.78 is 6.18. The fraction of sp³-hybridized carbons (Fsp3) is 0.0588. The topological polar surface area (TPSA) is 113 Å². The van der Waals surface area contributed by atoms with Crippen molar-refractivity contribution in [3.8, 4) is 11.8 Å². The number of carbonyl (C=O) groups is 1. The van der Waals surface area contributed by atoms with E-state index in [9.17, 15) is 20.2 Å². The number of benzene rings is 2. The highest BCUT2D eigenvalue weighted by atomic mass is 79.9. The molecule has 0 atom stereocenters. The van der Waals surface area contributed by atoms with Crippen molar-refractivity contribution in [1.29, 1.82) is 5.26 Å². The molecule has 0 fully saturated rings. The predicted molar refractivity (Wildman–Crippen MR) is 102 cm³/mol. The Bertz CT molecular complexity index is 927. The summed E-state index contributed by atoms with van der Waals surface area (Å²) in [6.07, 6.45) is 1.57. The fourth-order valence-electron chi connectivity index (χ4n) is 2.07. The maximum absolute atomic E-state index is 10.9. The number of nitrogens with zero attached hydrogens (tertiary/aromatic N) is 2. The summed E-state index contributed by atoms with van der Waals surface area (Å²) in [5, 5.41) is 29.0. The van der Waals surface area contributed by atoms with E-state index in [1.807, 2.05) is 6.07 Å². The summed E-state index contributed by atoms with van der Waals surface area (Å²) in [4.78, 5) is 21.0. The van der Waals surface area contributed by atoms with E-state index in [1.165, 1.54) is 18.2 Å². The zero-order valence-corrected chi connectivity index (χ0v) is 16.2. The molecule has 0 spiro atoms. The van der Waals surface area contributed by atoms with Crippen LogP contribution in [0.25, 0.3) is 11.6 Å². The quantitative estimate of drug-likeness (QED) is 0.278. The number of halogens is 2. The third-order valence-corrected chi connectivity index (χ3v) is 4.34. The Balaban J connectivity index is 2.41. The lowest BCUT2D eigenvalue weighted by atomic mass is 10.0. The van der Waals surface area contributed by atoms with E-state index in [4.69, 9.17) is 9.84 Å². The van der Waals surface area contributed by atoms with Crippen LogP contribution in [0.4, 0.5) is 5.69 Å². The van der Waals surface area contributed by atoms with Gasteiger partial charge in [-0.2, -0.15) is 5.26 Å². The van der Waals surface area contributed by atoms with Gasteiger partial charge in [-0.3, -0.25) is 10.1 Å². The summed E-state index contributed by atoms with van der Waals surface area (Å²) >= 11 is 6.59. The van der Waals surface area contributed by atoms with E-state index < -0.39 is 17.5 Å². The minimum Gasteiger partial charge on any atom is -0.480 e. The predicted octanol–water partition coefficient (Wildman–Crippen LogP) is 4.65. The first-order valence-electron chi connectivity index (χ1n) is 7.02. The number of carboxylic acids is 1. The Morgan fingerprint density at radius 3 is 2.50 bits per heavy atom. The van der Waals surface area contributed by atoms with Crippen molar-refractivity contribution in [2.24, 2.45) is 0 Å². The average Bonchev–Trinajstić information content (AvgIpc) is 2.58. The molecular weight excluding hydrogens is 472 g/mol. The van der Waals surface area contributed by atoms with Gasteiger partial charge in [0, 0.05) is 12.1 Å². The van der Waals surface area contributed by atoms with Crippen molar-refractivity contribution in [3.05, 3.63) is 66.6 Å². The summed E-state index contributed by atoms with van der Waals surface area (Å²) in [6, 6.07) is 11.1. The summed E-state index contributed by atoms with van der Waals surface area (Å²) in [5.74, 6) is -0.788. The second-order valence-corrected chi connectivity index (χ2v) is 6.68. The largest absolute Gasteiger partial charge is 0.480 e. The van der Waals surface area contributed by atoms with Crippen molar-refractivity contribution in [3.63, 3.8) is 0 Å². The van der Waals surface area contributed by atoms with Crippen LogP contribution in [0.15, 0.2) is 45.3 Å². The first-order chi connectivity index (χ1) is 12.3. The minimum absolute atomic E-state index is 0.108. The molecule has 1 N–H and O–H groups in total.